The van der Waals surface area contributed by atoms with Gasteiger partial charge >= 0.3 is 12.1 Å². The minimum Gasteiger partial charge on any atom is -0.480 e. The van der Waals surface area contributed by atoms with Crippen molar-refractivity contribution < 1.29 is 27.9 Å². The summed E-state index contributed by atoms with van der Waals surface area (Å²) in [5.41, 5.74) is -1.17. The van der Waals surface area contributed by atoms with E-state index in [-0.39, 0.29) is 16.8 Å². The maximum Gasteiger partial charge on any atom is 0.417 e. The third kappa shape index (κ3) is 3.12. The number of amides is 1. The van der Waals surface area contributed by atoms with Crippen LogP contribution in [0.1, 0.15) is 23.0 Å². The second-order valence-corrected chi connectivity index (χ2v) is 5.78. The van der Waals surface area contributed by atoms with Crippen LogP contribution in [0, 0.1) is 0 Å². The minimum absolute atomic E-state index is 0.205. The number of hydrogen-bond acceptors (Lipinski definition) is 4. The van der Waals surface area contributed by atoms with Crippen LogP contribution in [0.15, 0.2) is 18.3 Å². The molecule has 1 aromatic rings. The molecule has 114 valence electrons. The van der Waals surface area contributed by atoms with E-state index in [2.05, 4.69) is 4.98 Å². The number of nitrogens with zero attached hydrogens (tertiary/aromatic N) is 2. The Morgan fingerprint density at radius 3 is 2.57 bits per heavy atom. The number of halogens is 3. The van der Waals surface area contributed by atoms with Crippen LogP contribution in [-0.2, 0) is 11.0 Å². The number of alkyl halides is 3. The largest absolute Gasteiger partial charge is 0.480 e. The molecule has 1 N–H and O–H groups in total. The molecule has 2 rings (SSSR count). The molecule has 0 bridgehead atoms. The highest BCUT2D eigenvalue weighted by Gasteiger charge is 2.40. The van der Waals surface area contributed by atoms with Gasteiger partial charge in [0.1, 0.15) is 11.7 Å². The van der Waals surface area contributed by atoms with Crippen LogP contribution in [0.4, 0.5) is 13.2 Å². The van der Waals surface area contributed by atoms with Gasteiger partial charge in [-0.15, -0.1) is 11.8 Å². The Labute approximate surface area is 122 Å². The monoisotopic (exact) mass is 320 g/mol. The zero-order valence-corrected chi connectivity index (χ0v) is 11.6. The summed E-state index contributed by atoms with van der Waals surface area (Å²) in [7, 11) is 0. The zero-order valence-electron chi connectivity index (χ0n) is 10.8. The predicted molar refractivity (Wildman–Crippen MR) is 68.8 cm³/mol. The van der Waals surface area contributed by atoms with Crippen molar-refractivity contribution >= 4 is 23.6 Å². The molecule has 1 amide bonds. The average molecular weight is 320 g/mol. The van der Waals surface area contributed by atoms with Crippen molar-refractivity contribution in [2.75, 3.05) is 5.75 Å². The van der Waals surface area contributed by atoms with Gasteiger partial charge in [0, 0.05) is 11.9 Å². The van der Waals surface area contributed by atoms with Crippen molar-refractivity contribution in [3.05, 3.63) is 29.6 Å². The van der Waals surface area contributed by atoms with E-state index in [1.807, 2.05) is 0 Å². The lowest BCUT2D eigenvalue weighted by Crippen LogP contribution is -2.45. The Hall–Kier alpha value is -1.77. The summed E-state index contributed by atoms with van der Waals surface area (Å²) in [6.07, 6.45) is -3.97. The van der Waals surface area contributed by atoms with Crippen LogP contribution in [0.25, 0.3) is 0 Å². The number of carboxylic acid groups (broad SMARTS) is 1. The molecule has 0 aromatic carbocycles. The highest BCUT2D eigenvalue weighted by atomic mass is 32.2. The maximum atomic E-state index is 12.4. The molecule has 9 heteroatoms. The standard InChI is InChI=1S/C12H11F3N2O3S/c1-6-17(9(5-21-6)11(19)20)10(18)8-3-2-7(4-16-8)12(13,14)15/h2-4,6,9H,5H2,1H3,(H,19,20). The SMILES string of the molecule is CC1SCC(C(=O)O)N1C(=O)c1ccc(C(F)(F)F)cn1. The quantitative estimate of drug-likeness (QED) is 0.903. The van der Waals surface area contributed by atoms with Crippen molar-refractivity contribution in [1.82, 2.24) is 9.88 Å². The number of carbonyl (C=O) groups excluding carboxylic acids is 1. The number of rotatable bonds is 2. The van der Waals surface area contributed by atoms with Crippen LogP contribution in [-0.4, -0.2) is 44.0 Å². The van der Waals surface area contributed by atoms with Crippen LogP contribution in [0.5, 0.6) is 0 Å². The van der Waals surface area contributed by atoms with Gasteiger partial charge in [-0.2, -0.15) is 13.2 Å². The topological polar surface area (TPSA) is 70.5 Å². The van der Waals surface area contributed by atoms with Crippen LogP contribution in [0.3, 0.4) is 0 Å². The first-order valence-electron chi connectivity index (χ1n) is 5.92. The van der Waals surface area contributed by atoms with Crippen molar-refractivity contribution in [2.24, 2.45) is 0 Å². The summed E-state index contributed by atoms with van der Waals surface area (Å²) in [5, 5.41) is 8.70. The number of aromatic nitrogens is 1. The summed E-state index contributed by atoms with van der Waals surface area (Å²) < 4.78 is 37.3. The Kier molecular flexibility index (Phi) is 4.13. The normalized spacial score (nSPS) is 22.4. The molecular weight excluding hydrogens is 309 g/mol. The second-order valence-electron chi connectivity index (χ2n) is 4.43. The summed E-state index contributed by atoms with van der Waals surface area (Å²) >= 11 is 1.29. The molecule has 2 heterocycles. The smallest absolute Gasteiger partial charge is 0.417 e. The van der Waals surface area contributed by atoms with Crippen molar-refractivity contribution in [2.45, 2.75) is 24.5 Å². The van der Waals surface area contributed by atoms with E-state index in [1.54, 1.807) is 6.92 Å². The predicted octanol–water partition coefficient (Wildman–Crippen LogP) is 2.09. The number of hydrogen-bond donors (Lipinski definition) is 1. The molecule has 5 nitrogen and oxygen atoms in total. The Morgan fingerprint density at radius 1 is 1.43 bits per heavy atom. The van der Waals surface area contributed by atoms with Gasteiger partial charge in [-0.1, -0.05) is 0 Å². The molecule has 2 atom stereocenters. The molecule has 1 fully saturated rings. The summed E-state index contributed by atoms with van der Waals surface area (Å²) in [5.74, 6) is -1.59. The molecule has 21 heavy (non-hydrogen) atoms. The fourth-order valence-electron chi connectivity index (χ4n) is 1.96. The summed E-state index contributed by atoms with van der Waals surface area (Å²) in [6, 6.07) is 0.713. The lowest BCUT2D eigenvalue weighted by Gasteiger charge is -2.24. The second kappa shape index (κ2) is 5.55. The maximum absolute atomic E-state index is 12.4. The van der Waals surface area contributed by atoms with Crippen molar-refractivity contribution in [3.8, 4) is 0 Å². The summed E-state index contributed by atoms with van der Waals surface area (Å²) in [6.45, 7) is 1.66. The zero-order chi connectivity index (χ0) is 15.8. The third-order valence-electron chi connectivity index (χ3n) is 3.05. The van der Waals surface area contributed by atoms with Crippen LogP contribution >= 0.6 is 11.8 Å². The lowest BCUT2D eigenvalue weighted by atomic mass is 10.2. The van der Waals surface area contributed by atoms with E-state index in [0.29, 0.717) is 6.20 Å². The lowest BCUT2D eigenvalue weighted by molar-refractivity contribution is -0.141. The molecule has 0 spiro atoms. The van der Waals surface area contributed by atoms with Gasteiger partial charge in [-0.05, 0) is 19.1 Å². The Morgan fingerprint density at radius 2 is 2.10 bits per heavy atom. The molecule has 0 radical (unpaired) electrons. The van der Waals surface area contributed by atoms with Gasteiger partial charge in [0.15, 0.2) is 0 Å². The van der Waals surface area contributed by atoms with Crippen molar-refractivity contribution in [3.63, 3.8) is 0 Å². The highest BCUT2D eigenvalue weighted by Crippen LogP contribution is 2.31. The Balaban J connectivity index is 2.25. The van der Waals surface area contributed by atoms with E-state index in [1.165, 1.54) is 11.8 Å². The minimum atomic E-state index is -4.53. The van der Waals surface area contributed by atoms with E-state index >= 15 is 0 Å². The molecule has 1 aliphatic heterocycles. The van der Waals surface area contributed by atoms with Gasteiger partial charge in [0.2, 0.25) is 0 Å². The first-order chi connectivity index (χ1) is 9.71. The number of pyridine rings is 1. The van der Waals surface area contributed by atoms with E-state index < -0.39 is 29.7 Å². The van der Waals surface area contributed by atoms with E-state index in [9.17, 15) is 22.8 Å². The molecular formula is C12H11F3N2O3S. The fraction of sp³-hybridized carbons (Fsp3) is 0.417. The van der Waals surface area contributed by atoms with E-state index in [4.69, 9.17) is 5.11 Å². The third-order valence-corrected chi connectivity index (χ3v) is 4.27. The first kappa shape index (κ1) is 15.6. The molecule has 1 aromatic heterocycles. The molecule has 0 aliphatic carbocycles. The van der Waals surface area contributed by atoms with Gasteiger partial charge in [0.05, 0.1) is 10.9 Å². The highest BCUT2D eigenvalue weighted by molar-refractivity contribution is 8.00. The van der Waals surface area contributed by atoms with Gasteiger partial charge in [-0.3, -0.25) is 9.78 Å². The van der Waals surface area contributed by atoms with Gasteiger partial charge in [0.25, 0.3) is 5.91 Å². The van der Waals surface area contributed by atoms with E-state index in [0.717, 1.165) is 17.0 Å². The van der Waals surface area contributed by atoms with Crippen LogP contribution in [0.2, 0.25) is 0 Å². The Bertz CT molecular complexity index is 562. The molecule has 0 saturated carbocycles. The number of aliphatic carboxylic acids is 1. The summed E-state index contributed by atoms with van der Waals surface area (Å²) in [4.78, 5) is 28.0. The molecule has 1 aliphatic rings. The molecule has 1 saturated heterocycles. The number of carboxylic acids is 1. The van der Waals surface area contributed by atoms with Gasteiger partial charge in [-0.25, -0.2) is 4.79 Å². The number of carbonyl (C=O) groups is 2. The van der Waals surface area contributed by atoms with Gasteiger partial charge < -0.3 is 10.0 Å². The first-order valence-corrected chi connectivity index (χ1v) is 6.97. The van der Waals surface area contributed by atoms with Crippen LogP contribution < -0.4 is 0 Å². The molecule has 2 unspecified atom stereocenters. The average Bonchev–Trinajstić information content (AvgIpc) is 2.79. The fourth-order valence-corrected chi connectivity index (χ4v) is 3.13. The number of thioether (sulfide) groups is 1. The van der Waals surface area contributed by atoms with Crippen molar-refractivity contribution in [1.29, 1.82) is 0 Å².